The summed E-state index contributed by atoms with van der Waals surface area (Å²) in [5.74, 6) is -1.45. The molecule has 3 nitrogen and oxygen atoms in total. The fraction of sp³-hybridized carbons (Fsp3) is 0.176. The van der Waals surface area contributed by atoms with Crippen molar-refractivity contribution in [1.29, 1.82) is 0 Å². The van der Waals surface area contributed by atoms with Gasteiger partial charge in [-0.05, 0) is 42.0 Å². The number of carbonyl (C=O) groups is 2. The van der Waals surface area contributed by atoms with E-state index >= 15 is 0 Å². The van der Waals surface area contributed by atoms with Gasteiger partial charge in [-0.2, -0.15) is 0 Å². The number of ether oxygens (including phenoxy) is 1. The van der Waals surface area contributed by atoms with Gasteiger partial charge in [-0.15, -0.1) is 0 Å². The van der Waals surface area contributed by atoms with Crippen LogP contribution in [0.15, 0.2) is 42.5 Å². The highest BCUT2D eigenvalue weighted by atomic mass is 35.5. The van der Waals surface area contributed by atoms with Gasteiger partial charge >= 0.3 is 5.97 Å². The molecule has 0 spiro atoms. The first-order valence-corrected chi connectivity index (χ1v) is 7.87. The van der Waals surface area contributed by atoms with E-state index in [-0.39, 0.29) is 12.2 Å². The van der Waals surface area contributed by atoms with Gasteiger partial charge in [0.1, 0.15) is 0 Å². The summed E-state index contributed by atoms with van der Waals surface area (Å²) in [5.41, 5.74) is 1.05. The Bertz CT molecular complexity index is 726. The molecule has 0 aliphatic rings. The van der Waals surface area contributed by atoms with E-state index in [2.05, 4.69) is 0 Å². The zero-order valence-electron chi connectivity index (χ0n) is 12.2. The fourth-order valence-electron chi connectivity index (χ4n) is 2.15. The predicted octanol–water partition coefficient (Wildman–Crippen LogP) is 5.18. The second kappa shape index (κ2) is 7.82. The Morgan fingerprint density at radius 1 is 1.00 bits per heavy atom. The number of hydrogen-bond donors (Lipinski definition) is 0. The Morgan fingerprint density at radius 2 is 1.65 bits per heavy atom. The van der Waals surface area contributed by atoms with E-state index in [9.17, 15) is 9.59 Å². The lowest BCUT2D eigenvalue weighted by molar-refractivity contribution is -0.142. The first-order valence-electron chi connectivity index (χ1n) is 6.74. The highest BCUT2D eigenvalue weighted by Crippen LogP contribution is 2.30. The fourth-order valence-corrected chi connectivity index (χ4v) is 2.58. The first kappa shape index (κ1) is 17.8. The van der Waals surface area contributed by atoms with Crippen molar-refractivity contribution < 1.29 is 14.3 Å². The smallest absolute Gasteiger partial charge is 0.313 e. The van der Waals surface area contributed by atoms with Crippen molar-refractivity contribution in [3.63, 3.8) is 0 Å². The number of carbonyl (C=O) groups excluding carboxylic acids is 2. The molecule has 23 heavy (non-hydrogen) atoms. The minimum absolute atomic E-state index is 0.0354. The number of benzene rings is 2. The highest BCUT2D eigenvalue weighted by molar-refractivity contribution is 6.42. The quantitative estimate of drug-likeness (QED) is 0.537. The number of ketones is 1. The Morgan fingerprint density at radius 3 is 2.22 bits per heavy atom. The van der Waals surface area contributed by atoms with E-state index in [0.717, 1.165) is 0 Å². The van der Waals surface area contributed by atoms with Gasteiger partial charge in [-0.25, -0.2) is 0 Å². The standard InChI is InChI=1S/C17H13Cl3O3/c1-23-17(22)13(11-4-7-14(19)15(20)8-11)9-16(21)10-2-5-12(18)6-3-10/h2-8,13H,9H2,1H3. The average molecular weight is 372 g/mol. The van der Waals surface area contributed by atoms with E-state index < -0.39 is 11.9 Å². The molecule has 2 aromatic carbocycles. The maximum absolute atomic E-state index is 12.4. The third kappa shape index (κ3) is 4.47. The Labute approximate surface area is 149 Å². The molecule has 0 aliphatic carbocycles. The molecule has 0 aliphatic heterocycles. The molecule has 0 radical (unpaired) electrons. The van der Waals surface area contributed by atoms with Crippen LogP contribution in [-0.4, -0.2) is 18.9 Å². The molecule has 0 N–H and O–H groups in total. The minimum atomic E-state index is -0.752. The summed E-state index contributed by atoms with van der Waals surface area (Å²) >= 11 is 17.7. The summed E-state index contributed by atoms with van der Waals surface area (Å²) in [6.45, 7) is 0. The predicted molar refractivity (Wildman–Crippen MR) is 91.6 cm³/mol. The number of hydrogen-bond acceptors (Lipinski definition) is 3. The van der Waals surface area contributed by atoms with Crippen LogP contribution in [0.3, 0.4) is 0 Å². The molecule has 0 bridgehead atoms. The normalized spacial score (nSPS) is 11.8. The van der Waals surface area contributed by atoms with Crippen LogP contribution in [0, 0.1) is 0 Å². The molecule has 120 valence electrons. The van der Waals surface area contributed by atoms with Gasteiger partial charge in [0.25, 0.3) is 0 Å². The van der Waals surface area contributed by atoms with Crippen LogP contribution in [0.5, 0.6) is 0 Å². The molecule has 0 saturated heterocycles. The number of rotatable bonds is 5. The van der Waals surface area contributed by atoms with Gasteiger partial charge < -0.3 is 4.74 Å². The van der Waals surface area contributed by atoms with Gasteiger partial charge in [0.05, 0.1) is 23.1 Å². The molecule has 0 aromatic heterocycles. The third-order valence-electron chi connectivity index (χ3n) is 3.39. The van der Waals surface area contributed by atoms with Crippen LogP contribution in [0.1, 0.15) is 28.3 Å². The van der Waals surface area contributed by atoms with Crippen molar-refractivity contribution in [3.05, 3.63) is 68.7 Å². The summed E-state index contributed by atoms with van der Waals surface area (Å²) in [5, 5.41) is 1.23. The van der Waals surface area contributed by atoms with Crippen LogP contribution < -0.4 is 0 Å². The van der Waals surface area contributed by atoms with Gasteiger partial charge in [-0.1, -0.05) is 40.9 Å². The maximum Gasteiger partial charge on any atom is 0.313 e. The molecular weight excluding hydrogens is 359 g/mol. The number of Topliss-reactive ketones (excluding diaryl/α,β-unsaturated/α-hetero) is 1. The molecule has 6 heteroatoms. The van der Waals surface area contributed by atoms with Crippen molar-refractivity contribution in [2.24, 2.45) is 0 Å². The van der Waals surface area contributed by atoms with Gasteiger partial charge in [0, 0.05) is 17.0 Å². The number of halogens is 3. The Kier molecular flexibility index (Phi) is 6.05. The zero-order valence-corrected chi connectivity index (χ0v) is 14.5. The van der Waals surface area contributed by atoms with Crippen molar-refractivity contribution >= 4 is 46.6 Å². The molecule has 0 amide bonds. The monoisotopic (exact) mass is 370 g/mol. The Balaban J connectivity index is 2.28. The average Bonchev–Trinajstić information content (AvgIpc) is 2.55. The summed E-state index contributed by atoms with van der Waals surface area (Å²) in [4.78, 5) is 24.5. The lowest BCUT2D eigenvalue weighted by Crippen LogP contribution is -2.18. The zero-order chi connectivity index (χ0) is 17.0. The highest BCUT2D eigenvalue weighted by Gasteiger charge is 2.25. The van der Waals surface area contributed by atoms with Crippen molar-refractivity contribution in [2.75, 3.05) is 7.11 Å². The van der Waals surface area contributed by atoms with Crippen molar-refractivity contribution in [3.8, 4) is 0 Å². The Hall–Kier alpha value is -1.55. The summed E-state index contributed by atoms with van der Waals surface area (Å²) in [6.07, 6.45) is -0.0354. The summed E-state index contributed by atoms with van der Waals surface area (Å²) < 4.78 is 4.80. The molecule has 1 atom stereocenters. The molecule has 2 aromatic rings. The lowest BCUT2D eigenvalue weighted by Gasteiger charge is -2.15. The molecule has 0 heterocycles. The number of methoxy groups -OCH3 is 1. The summed E-state index contributed by atoms with van der Waals surface area (Å²) in [7, 11) is 1.28. The summed E-state index contributed by atoms with van der Waals surface area (Å²) in [6, 6.07) is 11.3. The van der Waals surface area contributed by atoms with Gasteiger partial charge in [0.15, 0.2) is 5.78 Å². The largest absolute Gasteiger partial charge is 0.469 e. The van der Waals surface area contributed by atoms with Crippen molar-refractivity contribution in [2.45, 2.75) is 12.3 Å². The topological polar surface area (TPSA) is 43.4 Å². The van der Waals surface area contributed by atoms with E-state index in [1.54, 1.807) is 42.5 Å². The van der Waals surface area contributed by atoms with Crippen LogP contribution in [0.25, 0.3) is 0 Å². The van der Waals surface area contributed by atoms with E-state index in [4.69, 9.17) is 39.5 Å². The van der Waals surface area contributed by atoms with E-state index in [0.29, 0.717) is 26.2 Å². The van der Waals surface area contributed by atoms with Crippen LogP contribution in [0.4, 0.5) is 0 Å². The maximum atomic E-state index is 12.4. The SMILES string of the molecule is COC(=O)C(CC(=O)c1ccc(Cl)cc1)c1ccc(Cl)c(Cl)c1. The van der Waals surface area contributed by atoms with Crippen molar-refractivity contribution in [1.82, 2.24) is 0 Å². The van der Waals surface area contributed by atoms with Crippen LogP contribution >= 0.6 is 34.8 Å². The second-order valence-corrected chi connectivity index (χ2v) is 6.13. The second-order valence-electron chi connectivity index (χ2n) is 4.88. The van der Waals surface area contributed by atoms with E-state index in [1.807, 2.05) is 0 Å². The molecule has 0 fully saturated rings. The molecule has 1 unspecified atom stereocenters. The molecule has 0 saturated carbocycles. The van der Waals surface area contributed by atoms with Gasteiger partial charge in [-0.3, -0.25) is 9.59 Å². The molecular formula is C17H13Cl3O3. The lowest BCUT2D eigenvalue weighted by atomic mass is 9.91. The van der Waals surface area contributed by atoms with E-state index in [1.165, 1.54) is 7.11 Å². The first-order chi connectivity index (χ1) is 10.9. The minimum Gasteiger partial charge on any atom is -0.469 e. The van der Waals surface area contributed by atoms with Gasteiger partial charge in [0.2, 0.25) is 0 Å². The van der Waals surface area contributed by atoms with Crippen LogP contribution in [0.2, 0.25) is 15.1 Å². The van der Waals surface area contributed by atoms with Crippen LogP contribution in [-0.2, 0) is 9.53 Å². The molecule has 2 rings (SSSR count). The third-order valence-corrected chi connectivity index (χ3v) is 4.38. The number of esters is 1.